The first-order valence-electron chi connectivity index (χ1n) is 8.75. The second-order valence-corrected chi connectivity index (χ2v) is 6.83. The summed E-state index contributed by atoms with van der Waals surface area (Å²) in [7, 11) is 0. The van der Waals surface area contributed by atoms with E-state index in [0.29, 0.717) is 35.8 Å². The molecule has 4 nitrogen and oxygen atoms in total. The maximum Gasteiger partial charge on any atom is 0.255 e. The van der Waals surface area contributed by atoms with E-state index in [-0.39, 0.29) is 11.7 Å². The number of rotatable bonds is 6. The lowest BCUT2D eigenvalue weighted by Crippen LogP contribution is -2.26. The predicted octanol–water partition coefficient (Wildman–Crippen LogP) is 4.31. The molecule has 0 saturated heterocycles. The Hall–Kier alpha value is -2.66. The molecule has 1 heterocycles. The van der Waals surface area contributed by atoms with E-state index in [1.54, 1.807) is 16.8 Å². The third-order valence-corrected chi connectivity index (χ3v) is 4.87. The maximum absolute atomic E-state index is 12.9. The van der Waals surface area contributed by atoms with E-state index in [2.05, 4.69) is 10.4 Å². The highest BCUT2D eigenvalue weighted by atomic mass is 35.5. The van der Waals surface area contributed by atoms with Gasteiger partial charge in [0.05, 0.1) is 17.8 Å². The third-order valence-electron chi connectivity index (χ3n) is 4.50. The lowest BCUT2D eigenvalue weighted by atomic mass is 10.1. The summed E-state index contributed by atoms with van der Waals surface area (Å²) in [5.74, 6) is -0.419. The lowest BCUT2D eigenvalue weighted by Gasteiger charge is -2.08. The van der Waals surface area contributed by atoms with Gasteiger partial charge in [0, 0.05) is 17.3 Å². The second-order valence-electron chi connectivity index (χ2n) is 6.43. The fourth-order valence-corrected chi connectivity index (χ4v) is 3.22. The lowest BCUT2D eigenvalue weighted by molar-refractivity contribution is 0.0953. The summed E-state index contributed by atoms with van der Waals surface area (Å²) >= 11 is 6.23. The molecule has 1 aromatic heterocycles. The number of hydrogen-bond donors (Lipinski definition) is 1. The van der Waals surface area contributed by atoms with Crippen molar-refractivity contribution in [2.24, 2.45) is 0 Å². The SMILES string of the molecule is Cc1nn(Cc2ccccc2Cl)c(C)c1C(=O)NCCc1ccc(F)cc1. The Morgan fingerprint density at radius 1 is 1.15 bits per heavy atom. The van der Waals surface area contributed by atoms with Gasteiger partial charge < -0.3 is 5.32 Å². The van der Waals surface area contributed by atoms with Crippen LogP contribution in [0.5, 0.6) is 0 Å². The highest BCUT2D eigenvalue weighted by Crippen LogP contribution is 2.19. The molecule has 0 aliphatic heterocycles. The van der Waals surface area contributed by atoms with Gasteiger partial charge >= 0.3 is 0 Å². The number of nitrogens with one attached hydrogen (secondary N) is 1. The first kappa shape index (κ1) is 19.1. The van der Waals surface area contributed by atoms with Crippen molar-refractivity contribution in [3.63, 3.8) is 0 Å². The van der Waals surface area contributed by atoms with Crippen LogP contribution in [0.1, 0.15) is 32.9 Å². The van der Waals surface area contributed by atoms with Gasteiger partial charge in [0.15, 0.2) is 0 Å². The number of hydrogen-bond acceptors (Lipinski definition) is 2. The molecule has 3 aromatic rings. The average molecular weight is 386 g/mol. The Kier molecular flexibility index (Phi) is 5.91. The average Bonchev–Trinajstić information content (AvgIpc) is 2.92. The monoisotopic (exact) mass is 385 g/mol. The Balaban J connectivity index is 1.67. The van der Waals surface area contributed by atoms with Crippen molar-refractivity contribution in [1.29, 1.82) is 0 Å². The topological polar surface area (TPSA) is 46.9 Å². The molecule has 0 unspecified atom stereocenters. The summed E-state index contributed by atoms with van der Waals surface area (Å²) in [6.07, 6.45) is 0.637. The highest BCUT2D eigenvalue weighted by molar-refractivity contribution is 6.31. The zero-order valence-corrected chi connectivity index (χ0v) is 16.1. The van der Waals surface area contributed by atoms with Gasteiger partial charge in [0.2, 0.25) is 0 Å². The minimum Gasteiger partial charge on any atom is -0.352 e. The molecule has 3 rings (SSSR count). The highest BCUT2D eigenvalue weighted by Gasteiger charge is 2.18. The van der Waals surface area contributed by atoms with Crippen LogP contribution in [0.3, 0.4) is 0 Å². The quantitative estimate of drug-likeness (QED) is 0.687. The number of halogens is 2. The Labute approximate surface area is 163 Å². The van der Waals surface area contributed by atoms with Crippen LogP contribution in [0.4, 0.5) is 4.39 Å². The van der Waals surface area contributed by atoms with Gasteiger partial charge in [-0.1, -0.05) is 41.9 Å². The number of aromatic nitrogens is 2. The molecule has 0 aliphatic carbocycles. The number of nitrogens with zero attached hydrogens (tertiary/aromatic N) is 2. The summed E-state index contributed by atoms with van der Waals surface area (Å²) in [6, 6.07) is 13.9. The van der Waals surface area contributed by atoms with E-state index in [1.165, 1.54) is 12.1 Å². The minimum absolute atomic E-state index is 0.155. The van der Waals surface area contributed by atoms with Crippen LogP contribution < -0.4 is 5.32 Å². The molecule has 2 aromatic carbocycles. The number of aryl methyl sites for hydroxylation is 1. The molecule has 0 bridgehead atoms. The van der Waals surface area contributed by atoms with Crippen LogP contribution in [-0.2, 0) is 13.0 Å². The first-order valence-corrected chi connectivity index (χ1v) is 9.13. The van der Waals surface area contributed by atoms with E-state index in [4.69, 9.17) is 11.6 Å². The van der Waals surface area contributed by atoms with Crippen molar-refractivity contribution in [2.75, 3.05) is 6.54 Å². The number of amides is 1. The Bertz CT molecular complexity index is 951. The first-order chi connectivity index (χ1) is 13.0. The summed E-state index contributed by atoms with van der Waals surface area (Å²) < 4.78 is 14.7. The minimum atomic E-state index is -0.264. The summed E-state index contributed by atoms with van der Waals surface area (Å²) in [5.41, 5.74) is 3.99. The van der Waals surface area contributed by atoms with Crippen molar-refractivity contribution in [1.82, 2.24) is 15.1 Å². The van der Waals surface area contributed by atoms with Gasteiger partial charge in [-0.05, 0) is 49.6 Å². The van der Waals surface area contributed by atoms with Crippen LogP contribution in [-0.4, -0.2) is 22.2 Å². The largest absolute Gasteiger partial charge is 0.352 e. The number of carbonyl (C=O) groups is 1. The second kappa shape index (κ2) is 8.35. The standard InChI is InChI=1S/C21H21ClFN3O/c1-14-20(21(27)24-12-11-16-7-9-18(23)10-8-16)15(2)26(25-14)13-17-5-3-4-6-19(17)22/h3-10H,11-13H2,1-2H3,(H,24,27). The molecule has 0 spiro atoms. The van der Waals surface area contributed by atoms with Crippen LogP contribution in [0.2, 0.25) is 5.02 Å². The van der Waals surface area contributed by atoms with Gasteiger partial charge in [0.1, 0.15) is 5.82 Å². The molecular weight excluding hydrogens is 365 g/mol. The maximum atomic E-state index is 12.9. The molecule has 0 radical (unpaired) electrons. The number of benzene rings is 2. The third kappa shape index (κ3) is 4.55. The van der Waals surface area contributed by atoms with E-state index < -0.39 is 0 Å². The Morgan fingerprint density at radius 2 is 1.85 bits per heavy atom. The van der Waals surface area contributed by atoms with Crippen molar-refractivity contribution < 1.29 is 9.18 Å². The van der Waals surface area contributed by atoms with Gasteiger partial charge in [-0.3, -0.25) is 9.48 Å². The molecule has 0 fully saturated rings. The fraction of sp³-hybridized carbons (Fsp3) is 0.238. The van der Waals surface area contributed by atoms with Gasteiger partial charge in [0.25, 0.3) is 5.91 Å². The van der Waals surface area contributed by atoms with Gasteiger partial charge in [-0.25, -0.2) is 4.39 Å². The predicted molar refractivity (Wildman–Crippen MR) is 105 cm³/mol. The number of carbonyl (C=O) groups excluding carboxylic acids is 1. The van der Waals surface area contributed by atoms with Crippen LogP contribution in [0.15, 0.2) is 48.5 Å². The zero-order valence-electron chi connectivity index (χ0n) is 15.3. The molecule has 140 valence electrons. The molecule has 0 aliphatic rings. The molecule has 27 heavy (non-hydrogen) atoms. The van der Waals surface area contributed by atoms with E-state index in [9.17, 15) is 9.18 Å². The molecule has 0 atom stereocenters. The van der Waals surface area contributed by atoms with Crippen molar-refractivity contribution in [2.45, 2.75) is 26.8 Å². The summed E-state index contributed by atoms with van der Waals surface area (Å²) in [6.45, 7) is 4.69. The van der Waals surface area contributed by atoms with Crippen molar-refractivity contribution in [3.8, 4) is 0 Å². The molecule has 1 amide bonds. The Morgan fingerprint density at radius 3 is 2.56 bits per heavy atom. The van der Waals surface area contributed by atoms with Crippen molar-refractivity contribution >= 4 is 17.5 Å². The van der Waals surface area contributed by atoms with Crippen molar-refractivity contribution in [3.05, 3.63) is 87.4 Å². The molecule has 1 N–H and O–H groups in total. The smallest absolute Gasteiger partial charge is 0.255 e. The van der Waals surface area contributed by atoms with E-state index >= 15 is 0 Å². The molecule has 6 heteroatoms. The van der Waals surface area contributed by atoms with E-state index in [0.717, 1.165) is 16.8 Å². The zero-order chi connectivity index (χ0) is 19.4. The molecular formula is C21H21ClFN3O. The van der Waals surface area contributed by atoms with E-state index in [1.807, 2.05) is 38.1 Å². The summed E-state index contributed by atoms with van der Waals surface area (Å²) in [4.78, 5) is 12.6. The van der Waals surface area contributed by atoms with Crippen LogP contribution >= 0.6 is 11.6 Å². The molecule has 0 saturated carbocycles. The van der Waals surface area contributed by atoms with Gasteiger partial charge in [-0.2, -0.15) is 5.10 Å². The van der Waals surface area contributed by atoms with Crippen LogP contribution in [0, 0.1) is 19.7 Å². The summed E-state index contributed by atoms with van der Waals surface area (Å²) in [5, 5.41) is 8.10. The van der Waals surface area contributed by atoms with Gasteiger partial charge in [-0.15, -0.1) is 0 Å². The van der Waals surface area contributed by atoms with Crippen LogP contribution in [0.25, 0.3) is 0 Å². The normalized spacial score (nSPS) is 10.8. The fourth-order valence-electron chi connectivity index (χ4n) is 3.03.